The number of ether oxygens (including phenoxy) is 2. The quantitative estimate of drug-likeness (QED) is 0.833. The van der Waals surface area contributed by atoms with Gasteiger partial charge in [0.15, 0.2) is 0 Å². The average molecular weight is 278 g/mol. The Labute approximate surface area is 117 Å². The first-order valence-corrected chi connectivity index (χ1v) is 6.63. The highest BCUT2D eigenvalue weighted by atomic mass is 16.6. The molecular formula is C15H18O5. The molecule has 1 aromatic rings. The van der Waals surface area contributed by atoms with Crippen molar-refractivity contribution in [3.05, 3.63) is 29.8 Å². The molecule has 0 aliphatic heterocycles. The molecule has 0 heterocycles. The van der Waals surface area contributed by atoms with Gasteiger partial charge < -0.3 is 14.6 Å². The molecular weight excluding hydrogens is 260 g/mol. The zero-order chi connectivity index (χ0) is 14.8. The number of rotatable bonds is 5. The van der Waals surface area contributed by atoms with Crippen molar-refractivity contribution in [1.29, 1.82) is 0 Å². The fraction of sp³-hybridized carbons (Fsp3) is 0.467. The first kappa shape index (κ1) is 14.4. The first-order chi connectivity index (χ1) is 9.51. The van der Waals surface area contributed by atoms with Gasteiger partial charge in [-0.2, -0.15) is 0 Å². The number of para-hydroxylation sites is 1. The zero-order valence-corrected chi connectivity index (χ0v) is 11.6. The Morgan fingerprint density at radius 3 is 2.50 bits per heavy atom. The highest BCUT2D eigenvalue weighted by molar-refractivity contribution is 5.81. The number of carbonyl (C=O) groups is 2. The molecule has 0 saturated heterocycles. The van der Waals surface area contributed by atoms with Gasteiger partial charge in [-0.3, -0.25) is 4.79 Å². The van der Waals surface area contributed by atoms with E-state index in [4.69, 9.17) is 9.47 Å². The monoisotopic (exact) mass is 278 g/mol. The molecule has 1 aromatic carbocycles. The summed E-state index contributed by atoms with van der Waals surface area (Å²) in [5.74, 6) is -1.00. The number of phenolic OH excluding ortho intramolecular Hbond substituents is 1. The Hall–Kier alpha value is -2.04. The maximum Gasteiger partial charge on any atom is 0.348 e. The van der Waals surface area contributed by atoms with Crippen LogP contribution in [0.25, 0.3) is 0 Å². The maximum absolute atomic E-state index is 12.1. The molecule has 1 atom stereocenters. The van der Waals surface area contributed by atoms with E-state index in [0.29, 0.717) is 18.4 Å². The Bertz CT molecular complexity index is 519. The summed E-state index contributed by atoms with van der Waals surface area (Å²) in [5.41, 5.74) is -0.0391. The van der Waals surface area contributed by atoms with Gasteiger partial charge >= 0.3 is 11.9 Å². The number of esters is 2. The van der Waals surface area contributed by atoms with Crippen molar-refractivity contribution < 1.29 is 24.2 Å². The molecule has 1 aliphatic rings. The molecule has 5 heteroatoms. The van der Waals surface area contributed by atoms with E-state index in [1.165, 1.54) is 6.92 Å². The van der Waals surface area contributed by atoms with E-state index in [-0.39, 0.29) is 12.4 Å². The predicted molar refractivity (Wildman–Crippen MR) is 71.2 cm³/mol. The third-order valence-corrected chi connectivity index (χ3v) is 3.52. The van der Waals surface area contributed by atoms with E-state index in [1.807, 2.05) is 0 Å². The van der Waals surface area contributed by atoms with Crippen molar-refractivity contribution in [1.82, 2.24) is 0 Å². The molecule has 1 N–H and O–H groups in total. The number of hydrogen-bond donors (Lipinski definition) is 1. The third-order valence-electron chi connectivity index (χ3n) is 3.52. The van der Waals surface area contributed by atoms with Crippen molar-refractivity contribution in [3.8, 4) is 5.75 Å². The summed E-state index contributed by atoms with van der Waals surface area (Å²) in [7, 11) is 0. The SMILES string of the molecule is CCOC(=O)C(OC(C)=O)C1(c2ccccc2O)CC1. The summed E-state index contributed by atoms with van der Waals surface area (Å²) in [5, 5.41) is 9.99. The molecule has 1 fully saturated rings. The number of aromatic hydroxyl groups is 1. The zero-order valence-electron chi connectivity index (χ0n) is 11.6. The minimum Gasteiger partial charge on any atom is -0.508 e. The van der Waals surface area contributed by atoms with Crippen LogP contribution in [0.5, 0.6) is 5.75 Å². The summed E-state index contributed by atoms with van der Waals surface area (Å²) < 4.78 is 10.2. The number of benzene rings is 1. The van der Waals surface area contributed by atoms with Gasteiger partial charge in [0, 0.05) is 17.9 Å². The van der Waals surface area contributed by atoms with Gasteiger partial charge in [-0.05, 0) is 25.8 Å². The smallest absolute Gasteiger partial charge is 0.348 e. The van der Waals surface area contributed by atoms with Crippen LogP contribution in [-0.2, 0) is 24.5 Å². The summed E-state index contributed by atoms with van der Waals surface area (Å²) in [6.07, 6.45) is 0.330. The lowest BCUT2D eigenvalue weighted by Gasteiger charge is -2.25. The summed E-state index contributed by atoms with van der Waals surface area (Å²) >= 11 is 0. The van der Waals surface area contributed by atoms with E-state index in [0.717, 1.165) is 0 Å². The van der Waals surface area contributed by atoms with Crippen molar-refractivity contribution in [2.75, 3.05) is 6.61 Å². The van der Waals surface area contributed by atoms with Gasteiger partial charge in [0.05, 0.1) is 6.61 Å². The second-order valence-electron chi connectivity index (χ2n) is 4.91. The lowest BCUT2D eigenvalue weighted by molar-refractivity contribution is -0.169. The summed E-state index contributed by atoms with van der Waals surface area (Å²) in [6, 6.07) is 6.80. The van der Waals surface area contributed by atoms with Crippen molar-refractivity contribution in [2.45, 2.75) is 38.2 Å². The van der Waals surface area contributed by atoms with Crippen molar-refractivity contribution in [3.63, 3.8) is 0 Å². The number of hydrogen-bond acceptors (Lipinski definition) is 5. The highest BCUT2D eigenvalue weighted by Crippen LogP contribution is 2.54. The summed E-state index contributed by atoms with van der Waals surface area (Å²) in [6.45, 7) is 3.17. The normalized spacial score (nSPS) is 17.1. The predicted octanol–water partition coefficient (Wildman–Crippen LogP) is 1.92. The van der Waals surface area contributed by atoms with Crippen LogP contribution >= 0.6 is 0 Å². The molecule has 5 nitrogen and oxygen atoms in total. The first-order valence-electron chi connectivity index (χ1n) is 6.63. The molecule has 2 rings (SSSR count). The topological polar surface area (TPSA) is 72.8 Å². The van der Waals surface area contributed by atoms with E-state index < -0.39 is 23.5 Å². The molecule has 0 aromatic heterocycles. The van der Waals surface area contributed by atoms with Crippen molar-refractivity contribution in [2.24, 2.45) is 0 Å². The Morgan fingerprint density at radius 1 is 1.35 bits per heavy atom. The fourth-order valence-corrected chi connectivity index (χ4v) is 2.47. The second-order valence-corrected chi connectivity index (χ2v) is 4.91. The molecule has 1 unspecified atom stereocenters. The van der Waals surface area contributed by atoms with Crippen molar-refractivity contribution >= 4 is 11.9 Å². The van der Waals surface area contributed by atoms with E-state index in [2.05, 4.69) is 0 Å². The standard InChI is InChI=1S/C15H18O5/c1-3-19-14(18)13(20-10(2)16)15(8-9-15)11-6-4-5-7-12(11)17/h4-7,13,17H,3,8-9H2,1-2H3. The van der Waals surface area contributed by atoms with E-state index in [9.17, 15) is 14.7 Å². The van der Waals surface area contributed by atoms with Crippen LogP contribution in [0.3, 0.4) is 0 Å². The fourth-order valence-electron chi connectivity index (χ4n) is 2.47. The lowest BCUT2D eigenvalue weighted by Crippen LogP contribution is -2.39. The lowest BCUT2D eigenvalue weighted by atomic mass is 9.89. The number of carbonyl (C=O) groups excluding carboxylic acids is 2. The molecule has 0 spiro atoms. The molecule has 0 bridgehead atoms. The molecule has 1 aliphatic carbocycles. The van der Waals surface area contributed by atoms with E-state index >= 15 is 0 Å². The average Bonchev–Trinajstić information content (AvgIpc) is 3.18. The molecule has 108 valence electrons. The van der Waals surface area contributed by atoms with Gasteiger partial charge in [-0.15, -0.1) is 0 Å². The second kappa shape index (κ2) is 5.53. The third kappa shape index (κ3) is 2.61. The van der Waals surface area contributed by atoms with Crippen LogP contribution in [-0.4, -0.2) is 29.8 Å². The molecule has 1 saturated carbocycles. The largest absolute Gasteiger partial charge is 0.508 e. The van der Waals surface area contributed by atoms with Crippen LogP contribution in [0.2, 0.25) is 0 Å². The van der Waals surface area contributed by atoms with Gasteiger partial charge in [0.25, 0.3) is 0 Å². The van der Waals surface area contributed by atoms with Crippen LogP contribution in [0.4, 0.5) is 0 Å². The van der Waals surface area contributed by atoms with Crippen LogP contribution in [0.1, 0.15) is 32.3 Å². The molecule has 0 radical (unpaired) electrons. The Kier molecular flexibility index (Phi) is 3.97. The molecule has 20 heavy (non-hydrogen) atoms. The van der Waals surface area contributed by atoms with Gasteiger partial charge in [0.2, 0.25) is 6.10 Å². The van der Waals surface area contributed by atoms with Crippen LogP contribution in [0.15, 0.2) is 24.3 Å². The molecule has 0 amide bonds. The summed E-state index contributed by atoms with van der Waals surface area (Å²) in [4.78, 5) is 23.3. The minimum absolute atomic E-state index is 0.103. The number of phenols is 1. The minimum atomic E-state index is -1.01. The highest BCUT2D eigenvalue weighted by Gasteiger charge is 2.57. The Morgan fingerprint density at radius 2 is 2.00 bits per heavy atom. The van der Waals surface area contributed by atoms with Crippen LogP contribution < -0.4 is 0 Å². The van der Waals surface area contributed by atoms with Gasteiger partial charge in [-0.25, -0.2) is 4.79 Å². The Balaban J connectivity index is 2.35. The van der Waals surface area contributed by atoms with Gasteiger partial charge in [0.1, 0.15) is 5.75 Å². The maximum atomic E-state index is 12.1. The van der Waals surface area contributed by atoms with Crippen LogP contribution in [0, 0.1) is 0 Å². The van der Waals surface area contributed by atoms with E-state index in [1.54, 1.807) is 31.2 Å². The van der Waals surface area contributed by atoms with Gasteiger partial charge in [-0.1, -0.05) is 18.2 Å².